The minimum Gasteiger partial charge on any atom is -0.398 e. The topological polar surface area (TPSA) is 43.1 Å². The van der Waals surface area contributed by atoms with Gasteiger partial charge in [0, 0.05) is 21.3 Å². The van der Waals surface area contributed by atoms with Crippen molar-refractivity contribution >= 4 is 39.0 Å². The van der Waals surface area contributed by atoms with Crippen molar-refractivity contribution in [1.29, 1.82) is 0 Å². The molecular formula is C13H8BrClFNO. The van der Waals surface area contributed by atoms with Gasteiger partial charge in [0.1, 0.15) is 5.82 Å². The average Bonchev–Trinajstić information content (AvgIpc) is 2.35. The highest BCUT2D eigenvalue weighted by molar-refractivity contribution is 9.10. The number of nitrogen functional groups attached to an aromatic ring is 1. The van der Waals surface area contributed by atoms with Gasteiger partial charge in [0.05, 0.1) is 5.02 Å². The molecule has 0 saturated heterocycles. The fourth-order valence-electron chi connectivity index (χ4n) is 1.50. The third kappa shape index (κ3) is 2.54. The third-order valence-electron chi connectivity index (χ3n) is 2.44. The second kappa shape index (κ2) is 5.08. The number of halogens is 3. The summed E-state index contributed by atoms with van der Waals surface area (Å²) in [6, 6.07) is 8.44. The number of benzene rings is 2. The minimum absolute atomic E-state index is 0.133. The van der Waals surface area contributed by atoms with Gasteiger partial charge < -0.3 is 5.73 Å². The van der Waals surface area contributed by atoms with Gasteiger partial charge in [-0.25, -0.2) is 4.39 Å². The second-order valence-electron chi connectivity index (χ2n) is 3.69. The normalized spacial score (nSPS) is 10.4. The Kier molecular flexibility index (Phi) is 3.68. The zero-order valence-corrected chi connectivity index (χ0v) is 11.4. The van der Waals surface area contributed by atoms with Gasteiger partial charge in [0.15, 0.2) is 5.78 Å². The molecule has 0 fully saturated rings. The van der Waals surface area contributed by atoms with E-state index in [0.29, 0.717) is 15.7 Å². The van der Waals surface area contributed by atoms with Crippen LogP contribution in [0.3, 0.4) is 0 Å². The molecule has 0 saturated carbocycles. The van der Waals surface area contributed by atoms with Crippen LogP contribution in [0.25, 0.3) is 0 Å². The van der Waals surface area contributed by atoms with E-state index in [1.165, 1.54) is 12.1 Å². The van der Waals surface area contributed by atoms with Crippen LogP contribution in [0.15, 0.2) is 40.9 Å². The van der Waals surface area contributed by atoms with Crippen LogP contribution in [0.2, 0.25) is 5.02 Å². The fourth-order valence-corrected chi connectivity index (χ4v) is 2.08. The summed E-state index contributed by atoms with van der Waals surface area (Å²) < 4.78 is 13.7. The number of anilines is 1. The summed E-state index contributed by atoms with van der Waals surface area (Å²) in [5.74, 6) is -0.850. The maximum Gasteiger partial charge on any atom is 0.194 e. The number of nitrogens with two attached hydrogens (primary N) is 1. The smallest absolute Gasteiger partial charge is 0.194 e. The molecule has 2 nitrogen and oxygen atoms in total. The third-order valence-corrected chi connectivity index (χ3v) is 3.45. The van der Waals surface area contributed by atoms with Gasteiger partial charge in [-0.2, -0.15) is 0 Å². The lowest BCUT2D eigenvalue weighted by molar-refractivity contribution is 0.103. The first-order chi connectivity index (χ1) is 8.49. The van der Waals surface area contributed by atoms with Gasteiger partial charge in [0.2, 0.25) is 0 Å². The Morgan fingerprint density at radius 2 is 1.94 bits per heavy atom. The largest absolute Gasteiger partial charge is 0.398 e. The van der Waals surface area contributed by atoms with E-state index in [4.69, 9.17) is 17.3 Å². The molecule has 0 bridgehead atoms. The van der Waals surface area contributed by atoms with Crippen molar-refractivity contribution in [2.45, 2.75) is 0 Å². The minimum atomic E-state index is -0.503. The Morgan fingerprint density at radius 3 is 2.61 bits per heavy atom. The number of hydrogen-bond donors (Lipinski definition) is 1. The summed E-state index contributed by atoms with van der Waals surface area (Å²) in [4.78, 5) is 12.2. The molecule has 0 aliphatic heterocycles. The SMILES string of the molecule is Nc1ccc(C(=O)c2cc(F)ccc2Cl)cc1Br. The number of carbonyl (C=O) groups is 1. The van der Waals surface area contributed by atoms with Gasteiger partial charge in [-0.05, 0) is 52.3 Å². The molecule has 0 aliphatic carbocycles. The quantitative estimate of drug-likeness (QED) is 0.667. The monoisotopic (exact) mass is 327 g/mol. The van der Waals surface area contributed by atoms with E-state index in [1.54, 1.807) is 18.2 Å². The Balaban J connectivity index is 2.47. The van der Waals surface area contributed by atoms with Gasteiger partial charge in [-0.15, -0.1) is 0 Å². The lowest BCUT2D eigenvalue weighted by Gasteiger charge is -2.05. The molecule has 2 N–H and O–H groups in total. The highest BCUT2D eigenvalue weighted by Gasteiger charge is 2.14. The zero-order chi connectivity index (χ0) is 13.3. The molecule has 0 unspecified atom stereocenters. The number of carbonyl (C=O) groups excluding carboxylic acids is 1. The molecule has 5 heteroatoms. The Hall–Kier alpha value is -1.39. The van der Waals surface area contributed by atoms with Crippen LogP contribution in [-0.2, 0) is 0 Å². The van der Waals surface area contributed by atoms with Crippen LogP contribution < -0.4 is 5.73 Å². The number of ketones is 1. The Bertz CT molecular complexity index is 630. The van der Waals surface area contributed by atoms with E-state index >= 15 is 0 Å². The fraction of sp³-hybridized carbons (Fsp3) is 0. The van der Waals surface area contributed by atoms with Crippen molar-refractivity contribution in [2.24, 2.45) is 0 Å². The Labute approximate surface area is 117 Å². The first kappa shape index (κ1) is 13.1. The maximum absolute atomic E-state index is 13.1. The summed E-state index contributed by atoms with van der Waals surface area (Å²) in [5, 5.41) is 0.217. The summed E-state index contributed by atoms with van der Waals surface area (Å²) in [5.41, 5.74) is 6.69. The van der Waals surface area contributed by atoms with Crippen molar-refractivity contribution in [1.82, 2.24) is 0 Å². The molecule has 0 heterocycles. The highest BCUT2D eigenvalue weighted by atomic mass is 79.9. The molecule has 0 aliphatic rings. The van der Waals surface area contributed by atoms with Crippen molar-refractivity contribution in [3.8, 4) is 0 Å². The molecule has 2 aromatic rings. The van der Waals surface area contributed by atoms with E-state index in [-0.39, 0.29) is 16.4 Å². The zero-order valence-electron chi connectivity index (χ0n) is 9.08. The predicted octanol–water partition coefficient (Wildman–Crippen LogP) is 4.05. The average molecular weight is 329 g/mol. The van der Waals surface area contributed by atoms with Crippen molar-refractivity contribution in [3.05, 3.63) is 62.8 Å². The van der Waals surface area contributed by atoms with Crippen LogP contribution >= 0.6 is 27.5 Å². The molecule has 2 rings (SSSR count). The van der Waals surface area contributed by atoms with E-state index in [1.807, 2.05) is 0 Å². The van der Waals surface area contributed by atoms with E-state index in [9.17, 15) is 9.18 Å². The molecule has 0 spiro atoms. The first-order valence-electron chi connectivity index (χ1n) is 5.04. The van der Waals surface area contributed by atoms with Gasteiger partial charge in [-0.1, -0.05) is 11.6 Å². The van der Waals surface area contributed by atoms with Gasteiger partial charge in [-0.3, -0.25) is 4.79 Å². The summed E-state index contributed by atoms with van der Waals surface area (Å²) in [7, 11) is 0. The number of hydrogen-bond acceptors (Lipinski definition) is 2. The summed E-state index contributed by atoms with van der Waals surface area (Å²) in [6.07, 6.45) is 0. The molecule has 0 aromatic heterocycles. The lowest BCUT2D eigenvalue weighted by atomic mass is 10.0. The molecule has 0 amide bonds. The van der Waals surface area contributed by atoms with Crippen molar-refractivity contribution in [3.63, 3.8) is 0 Å². The maximum atomic E-state index is 13.1. The van der Waals surface area contributed by atoms with Gasteiger partial charge >= 0.3 is 0 Å². The van der Waals surface area contributed by atoms with E-state index in [2.05, 4.69) is 15.9 Å². The second-order valence-corrected chi connectivity index (χ2v) is 4.95. The Morgan fingerprint density at radius 1 is 1.22 bits per heavy atom. The highest BCUT2D eigenvalue weighted by Crippen LogP contribution is 2.25. The van der Waals surface area contributed by atoms with Crippen LogP contribution in [0.5, 0.6) is 0 Å². The molecule has 0 atom stereocenters. The molecule has 0 radical (unpaired) electrons. The predicted molar refractivity (Wildman–Crippen MR) is 73.4 cm³/mol. The lowest BCUT2D eigenvalue weighted by Crippen LogP contribution is -2.03. The van der Waals surface area contributed by atoms with Crippen molar-refractivity contribution in [2.75, 3.05) is 5.73 Å². The van der Waals surface area contributed by atoms with Crippen LogP contribution in [-0.4, -0.2) is 5.78 Å². The summed E-state index contributed by atoms with van der Waals surface area (Å²) in [6.45, 7) is 0. The standard InChI is InChI=1S/C13H8BrClFNO/c14-10-5-7(1-4-12(10)17)13(18)9-6-8(16)2-3-11(9)15/h1-6H,17H2. The van der Waals surface area contributed by atoms with Crippen LogP contribution in [0.1, 0.15) is 15.9 Å². The van der Waals surface area contributed by atoms with E-state index in [0.717, 1.165) is 6.07 Å². The van der Waals surface area contributed by atoms with Crippen molar-refractivity contribution < 1.29 is 9.18 Å². The molecule has 2 aromatic carbocycles. The number of rotatable bonds is 2. The molecule has 92 valence electrons. The van der Waals surface area contributed by atoms with E-state index < -0.39 is 5.82 Å². The van der Waals surface area contributed by atoms with Crippen LogP contribution in [0.4, 0.5) is 10.1 Å². The molecule has 18 heavy (non-hydrogen) atoms. The van der Waals surface area contributed by atoms with Gasteiger partial charge in [0.25, 0.3) is 0 Å². The first-order valence-corrected chi connectivity index (χ1v) is 6.21. The summed E-state index contributed by atoms with van der Waals surface area (Å²) >= 11 is 9.12. The van der Waals surface area contributed by atoms with Crippen LogP contribution in [0, 0.1) is 5.82 Å². The molecular weight excluding hydrogens is 321 g/mol.